The van der Waals surface area contributed by atoms with Crippen LogP contribution in [-0.2, 0) is 11.3 Å². The zero-order valence-corrected chi connectivity index (χ0v) is 15.6. The predicted molar refractivity (Wildman–Crippen MR) is 99.2 cm³/mol. The van der Waals surface area contributed by atoms with Gasteiger partial charge in [0, 0.05) is 15.1 Å². The molecule has 1 aliphatic rings. The fourth-order valence-corrected chi connectivity index (χ4v) is 2.97. The van der Waals surface area contributed by atoms with E-state index >= 15 is 0 Å². The van der Waals surface area contributed by atoms with Crippen LogP contribution in [-0.4, -0.2) is 23.9 Å². The second-order valence-corrected chi connectivity index (χ2v) is 6.74. The summed E-state index contributed by atoms with van der Waals surface area (Å²) in [6.45, 7) is 0.175. The van der Waals surface area contributed by atoms with Gasteiger partial charge in [0.25, 0.3) is 5.91 Å². The molecule has 5 nitrogen and oxygen atoms in total. The van der Waals surface area contributed by atoms with Crippen LogP contribution in [0.1, 0.15) is 11.1 Å². The summed E-state index contributed by atoms with van der Waals surface area (Å²) >= 11 is 9.24. The Labute approximate surface area is 158 Å². The van der Waals surface area contributed by atoms with Gasteiger partial charge in [-0.3, -0.25) is 9.69 Å². The molecule has 2 aromatic carbocycles. The normalized spacial score (nSPS) is 15.6. The molecule has 0 unspecified atom stereocenters. The first kappa shape index (κ1) is 17.5. The number of nitrogens with one attached hydrogen (secondary N) is 1. The third kappa shape index (κ3) is 3.86. The van der Waals surface area contributed by atoms with E-state index in [-0.39, 0.29) is 18.1 Å². The topological polar surface area (TPSA) is 58.6 Å². The molecule has 1 aliphatic heterocycles. The second kappa shape index (κ2) is 7.29. The highest BCUT2D eigenvalue weighted by Gasteiger charge is 2.33. The average Bonchev–Trinajstić information content (AvgIpc) is 2.84. The van der Waals surface area contributed by atoms with Crippen LogP contribution in [0, 0.1) is 0 Å². The summed E-state index contributed by atoms with van der Waals surface area (Å²) in [7, 11) is 1.55. The number of imide groups is 1. The number of amides is 3. The lowest BCUT2D eigenvalue weighted by atomic mass is 10.1. The molecule has 1 N–H and O–H groups in total. The van der Waals surface area contributed by atoms with Crippen molar-refractivity contribution in [3.05, 3.63) is 68.8 Å². The van der Waals surface area contributed by atoms with Crippen molar-refractivity contribution < 1.29 is 14.3 Å². The molecule has 0 bridgehead atoms. The fraction of sp³-hybridized carbons (Fsp3) is 0.111. The summed E-state index contributed by atoms with van der Waals surface area (Å²) in [5, 5.41) is 3.21. The maximum atomic E-state index is 12.6. The van der Waals surface area contributed by atoms with Crippen molar-refractivity contribution in [3.8, 4) is 5.75 Å². The van der Waals surface area contributed by atoms with Gasteiger partial charge in [0.1, 0.15) is 11.4 Å². The van der Waals surface area contributed by atoms with Crippen LogP contribution >= 0.6 is 27.5 Å². The van der Waals surface area contributed by atoms with Gasteiger partial charge >= 0.3 is 6.03 Å². The van der Waals surface area contributed by atoms with Crippen LogP contribution in [0.2, 0.25) is 5.02 Å². The molecule has 0 spiro atoms. The van der Waals surface area contributed by atoms with Crippen molar-refractivity contribution in [2.45, 2.75) is 6.54 Å². The minimum atomic E-state index is -0.458. The summed E-state index contributed by atoms with van der Waals surface area (Å²) in [4.78, 5) is 25.9. The average molecular weight is 422 g/mol. The van der Waals surface area contributed by atoms with Crippen LogP contribution in [0.3, 0.4) is 0 Å². The monoisotopic (exact) mass is 420 g/mol. The van der Waals surface area contributed by atoms with Crippen LogP contribution in [0.4, 0.5) is 4.79 Å². The van der Waals surface area contributed by atoms with E-state index in [1.54, 1.807) is 43.5 Å². The van der Waals surface area contributed by atoms with Crippen LogP contribution < -0.4 is 10.1 Å². The minimum Gasteiger partial charge on any atom is -0.496 e. The fourth-order valence-electron chi connectivity index (χ4n) is 2.46. The zero-order valence-electron chi connectivity index (χ0n) is 13.3. The summed E-state index contributed by atoms with van der Waals surface area (Å²) in [6, 6.07) is 12.0. The van der Waals surface area contributed by atoms with E-state index in [9.17, 15) is 9.59 Å². The maximum absolute atomic E-state index is 12.6. The maximum Gasteiger partial charge on any atom is 0.329 e. The second-order valence-electron chi connectivity index (χ2n) is 5.39. The molecule has 7 heteroatoms. The van der Waals surface area contributed by atoms with E-state index in [0.29, 0.717) is 16.3 Å². The Morgan fingerprint density at radius 3 is 2.60 bits per heavy atom. The molecule has 0 saturated carbocycles. The third-order valence-electron chi connectivity index (χ3n) is 3.71. The molecule has 1 saturated heterocycles. The smallest absolute Gasteiger partial charge is 0.329 e. The molecule has 128 valence electrons. The molecular formula is C18H14BrClN2O3. The van der Waals surface area contributed by atoms with Crippen molar-refractivity contribution in [2.24, 2.45) is 0 Å². The number of carbonyl (C=O) groups is 2. The number of benzene rings is 2. The Bertz CT molecular complexity index is 865. The highest BCUT2D eigenvalue weighted by Crippen LogP contribution is 2.26. The highest BCUT2D eigenvalue weighted by molar-refractivity contribution is 9.10. The first-order chi connectivity index (χ1) is 12.0. The molecule has 0 atom stereocenters. The quantitative estimate of drug-likeness (QED) is 0.594. The Morgan fingerprint density at radius 1 is 1.20 bits per heavy atom. The number of carbonyl (C=O) groups excluding carboxylic acids is 2. The lowest BCUT2D eigenvalue weighted by molar-refractivity contribution is -0.123. The first-order valence-corrected chi connectivity index (χ1v) is 8.57. The number of ether oxygens (including phenoxy) is 1. The predicted octanol–water partition coefficient (Wildman–Crippen LogP) is 4.20. The van der Waals surface area contributed by atoms with E-state index < -0.39 is 6.03 Å². The van der Waals surface area contributed by atoms with Gasteiger partial charge < -0.3 is 10.1 Å². The van der Waals surface area contributed by atoms with Crippen molar-refractivity contribution in [2.75, 3.05) is 7.11 Å². The molecule has 25 heavy (non-hydrogen) atoms. The molecule has 3 rings (SSSR count). The summed E-state index contributed by atoms with van der Waals surface area (Å²) in [6.07, 6.45) is 1.60. The molecule has 1 heterocycles. The van der Waals surface area contributed by atoms with Gasteiger partial charge in [0.15, 0.2) is 0 Å². The largest absolute Gasteiger partial charge is 0.496 e. The number of rotatable bonds is 4. The van der Waals surface area contributed by atoms with Crippen molar-refractivity contribution in [1.29, 1.82) is 0 Å². The lowest BCUT2D eigenvalue weighted by Crippen LogP contribution is -2.30. The molecule has 2 aromatic rings. The van der Waals surface area contributed by atoms with Crippen LogP contribution in [0.25, 0.3) is 6.08 Å². The Morgan fingerprint density at radius 2 is 1.92 bits per heavy atom. The van der Waals surface area contributed by atoms with Crippen molar-refractivity contribution in [3.63, 3.8) is 0 Å². The number of methoxy groups -OCH3 is 1. The van der Waals surface area contributed by atoms with Gasteiger partial charge in [-0.1, -0.05) is 39.7 Å². The minimum absolute atomic E-state index is 0.175. The highest BCUT2D eigenvalue weighted by atomic mass is 79.9. The number of hydrogen-bond acceptors (Lipinski definition) is 3. The summed E-state index contributed by atoms with van der Waals surface area (Å²) in [5.41, 5.74) is 1.71. The van der Waals surface area contributed by atoms with E-state index in [1.165, 1.54) is 0 Å². The SMILES string of the molecule is COc1ccc(Br)cc1/C=C1\NC(=O)N(Cc2ccc(Cl)cc2)C1=O. The van der Waals surface area contributed by atoms with Crippen LogP contribution in [0.5, 0.6) is 5.75 Å². The Hall–Kier alpha value is -2.31. The Balaban J connectivity index is 1.86. The number of urea groups is 1. The van der Waals surface area contributed by atoms with Crippen molar-refractivity contribution in [1.82, 2.24) is 10.2 Å². The standard InChI is InChI=1S/C18H14BrClN2O3/c1-25-16-7-4-13(19)8-12(16)9-15-17(23)22(18(24)21-15)10-11-2-5-14(20)6-3-11/h2-9H,10H2,1H3,(H,21,24)/b15-9-. The molecular weight excluding hydrogens is 408 g/mol. The molecule has 1 fully saturated rings. The zero-order chi connectivity index (χ0) is 18.0. The number of nitrogens with zero attached hydrogens (tertiary/aromatic N) is 1. The molecule has 0 aromatic heterocycles. The number of hydrogen-bond donors (Lipinski definition) is 1. The van der Waals surface area contributed by atoms with Gasteiger partial charge in [-0.15, -0.1) is 0 Å². The Kier molecular flexibility index (Phi) is 5.11. The van der Waals surface area contributed by atoms with E-state index in [4.69, 9.17) is 16.3 Å². The summed E-state index contributed by atoms with van der Waals surface area (Å²) in [5.74, 6) is 0.218. The van der Waals surface area contributed by atoms with Crippen LogP contribution in [0.15, 0.2) is 52.6 Å². The molecule has 3 amide bonds. The van der Waals surface area contributed by atoms with Crippen molar-refractivity contribution >= 4 is 45.5 Å². The molecule has 0 aliphatic carbocycles. The van der Waals surface area contributed by atoms with Gasteiger partial charge in [0.05, 0.1) is 13.7 Å². The molecule has 0 radical (unpaired) electrons. The van der Waals surface area contributed by atoms with E-state index in [2.05, 4.69) is 21.2 Å². The summed E-state index contributed by atoms with van der Waals surface area (Å²) < 4.78 is 6.13. The third-order valence-corrected chi connectivity index (χ3v) is 4.45. The van der Waals surface area contributed by atoms with Gasteiger partial charge in [0.2, 0.25) is 0 Å². The van der Waals surface area contributed by atoms with Gasteiger partial charge in [-0.2, -0.15) is 0 Å². The van der Waals surface area contributed by atoms with E-state index in [0.717, 1.165) is 14.9 Å². The first-order valence-electron chi connectivity index (χ1n) is 7.40. The van der Waals surface area contributed by atoms with Gasteiger partial charge in [-0.05, 0) is 42.0 Å². The lowest BCUT2D eigenvalue weighted by Gasteiger charge is -2.11. The van der Waals surface area contributed by atoms with E-state index in [1.807, 2.05) is 12.1 Å². The van der Waals surface area contributed by atoms with Gasteiger partial charge in [-0.25, -0.2) is 4.79 Å². The number of halogens is 2.